The first kappa shape index (κ1) is 16.5. The molecule has 0 amide bonds. The summed E-state index contributed by atoms with van der Waals surface area (Å²) in [7, 11) is 2.96. The first-order valence-electron chi connectivity index (χ1n) is 6.90. The number of Topliss-reactive ketones (excluding diaryl/α,β-unsaturated/α-hetero) is 1. The van der Waals surface area contributed by atoms with Gasteiger partial charge in [-0.3, -0.25) is 9.78 Å². The number of carbonyl (C=O) groups is 2. The number of benzene rings is 1. The lowest BCUT2D eigenvalue weighted by molar-refractivity contribution is 0.0473. The standard InChI is InChI=1S/C17H17NO5/c1-11-4-5-12(9-18-11)17(20)23-10-15(19)14-8-13(21-2)6-7-16(14)22-3/h4-9H,10H2,1-3H3. The van der Waals surface area contributed by atoms with Gasteiger partial charge < -0.3 is 14.2 Å². The molecule has 2 rings (SSSR count). The minimum atomic E-state index is -0.604. The number of pyridine rings is 1. The molecule has 0 bridgehead atoms. The van der Waals surface area contributed by atoms with Crippen molar-refractivity contribution < 1.29 is 23.8 Å². The van der Waals surface area contributed by atoms with Crippen LogP contribution in [-0.4, -0.2) is 37.6 Å². The number of methoxy groups -OCH3 is 2. The van der Waals surface area contributed by atoms with Crippen molar-refractivity contribution in [3.8, 4) is 11.5 Å². The lowest BCUT2D eigenvalue weighted by Gasteiger charge is -2.10. The Labute approximate surface area is 134 Å². The van der Waals surface area contributed by atoms with E-state index >= 15 is 0 Å². The molecule has 2 aromatic rings. The third-order valence-electron chi connectivity index (χ3n) is 3.19. The molecule has 120 valence electrons. The molecule has 0 fully saturated rings. The Kier molecular flexibility index (Phi) is 5.30. The average molecular weight is 315 g/mol. The number of nitrogens with zero attached hydrogens (tertiary/aromatic N) is 1. The summed E-state index contributed by atoms with van der Waals surface area (Å²) in [6, 6.07) is 8.14. The van der Waals surface area contributed by atoms with Crippen molar-refractivity contribution in [3.63, 3.8) is 0 Å². The maximum Gasteiger partial charge on any atom is 0.340 e. The molecule has 0 spiro atoms. The van der Waals surface area contributed by atoms with Gasteiger partial charge in [-0.15, -0.1) is 0 Å². The fourth-order valence-electron chi connectivity index (χ4n) is 1.91. The number of ketones is 1. The van der Waals surface area contributed by atoms with Crippen LogP contribution in [0.1, 0.15) is 26.4 Å². The van der Waals surface area contributed by atoms with Gasteiger partial charge >= 0.3 is 5.97 Å². The monoisotopic (exact) mass is 315 g/mol. The van der Waals surface area contributed by atoms with E-state index in [0.29, 0.717) is 22.6 Å². The number of ether oxygens (including phenoxy) is 3. The summed E-state index contributed by atoms with van der Waals surface area (Å²) in [6.07, 6.45) is 1.41. The molecule has 6 nitrogen and oxygen atoms in total. The first-order valence-corrected chi connectivity index (χ1v) is 6.90. The molecule has 0 atom stereocenters. The van der Waals surface area contributed by atoms with Crippen LogP contribution in [0.2, 0.25) is 0 Å². The Hall–Kier alpha value is -2.89. The number of rotatable bonds is 6. The highest BCUT2D eigenvalue weighted by Crippen LogP contribution is 2.24. The smallest absolute Gasteiger partial charge is 0.340 e. The van der Waals surface area contributed by atoms with E-state index in [1.54, 1.807) is 30.3 Å². The van der Waals surface area contributed by atoms with Crippen molar-refractivity contribution >= 4 is 11.8 Å². The number of aromatic nitrogens is 1. The molecular weight excluding hydrogens is 298 g/mol. The second kappa shape index (κ2) is 7.40. The first-order chi connectivity index (χ1) is 11.0. The van der Waals surface area contributed by atoms with Gasteiger partial charge in [0.2, 0.25) is 5.78 Å². The van der Waals surface area contributed by atoms with Gasteiger partial charge in [0.1, 0.15) is 11.5 Å². The number of carbonyl (C=O) groups excluding carboxylic acids is 2. The van der Waals surface area contributed by atoms with Gasteiger partial charge in [-0.1, -0.05) is 0 Å². The van der Waals surface area contributed by atoms with Crippen molar-refractivity contribution in [2.45, 2.75) is 6.92 Å². The van der Waals surface area contributed by atoms with E-state index in [-0.39, 0.29) is 5.78 Å². The molecule has 0 N–H and O–H groups in total. The summed E-state index contributed by atoms with van der Waals surface area (Å²) in [4.78, 5) is 28.2. The van der Waals surface area contributed by atoms with Gasteiger partial charge in [-0.2, -0.15) is 0 Å². The fourth-order valence-corrected chi connectivity index (χ4v) is 1.91. The summed E-state index contributed by atoms with van der Waals surface area (Å²) in [6.45, 7) is 1.42. The third-order valence-corrected chi connectivity index (χ3v) is 3.19. The molecule has 0 saturated heterocycles. The van der Waals surface area contributed by atoms with Crippen LogP contribution in [0.3, 0.4) is 0 Å². The lowest BCUT2D eigenvalue weighted by Crippen LogP contribution is -2.15. The molecular formula is C17H17NO5. The second-order valence-corrected chi connectivity index (χ2v) is 4.75. The molecule has 1 aromatic heterocycles. The minimum Gasteiger partial charge on any atom is -0.497 e. The summed E-state index contributed by atoms with van der Waals surface area (Å²) in [5, 5.41) is 0. The Morgan fingerprint density at radius 2 is 1.87 bits per heavy atom. The lowest BCUT2D eigenvalue weighted by atomic mass is 10.1. The highest BCUT2D eigenvalue weighted by atomic mass is 16.5. The molecule has 0 aliphatic rings. The summed E-state index contributed by atoms with van der Waals surface area (Å²) in [5.41, 5.74) is 1.38. The number of aryl methyl sites for hydroxylation is 1. The average Bonchev–Trinajstić information content (AvgIpc) is 2.59. The van der Waals surface area contributed by atoms with E-state index < -0.39 is 12.6 Å². The molecule has 0 unspecified atom stereocenters. The minimum absolute atomic E-state index is 0.293. The van der Waals surface area contributed by atoms with Gasteiger partial charge in [0.25, 0.3) is 0 Å². The topological polar surface area (TPSA) is 74.7 Å². The Morgan fingerprint density at radius 3 is 2.48 bits per heavy atom. The van der Waals surface area contributed by atoms with Crippen LogP contribution in [0.25, 0.3) is 0 Å². The van der Waals surface area contributed by atoms with Crippen LogP contribution >= 0.6 is 0 Å². The van der Waals surface area contributed by atoms with E-state index in [9.17, 15) is 9.59 Å². The van der Waals surface area contributed by atoms with E-state index in [2.05, 4.69) is 4.98 Å². The molecule has 0 aliphatic carbocycles. The fraction of sp³-hybridized carbons (Fsp3) is 0.235. The number of hydrogen-bond donors (Lipinski definition) is 0. The van der Waals surface area contributed by atoms with E-state index in [1.807, 2.05) is 6.92 Å². The van der Waals surface area contributed by atoms with Crippen molar-refractivity contribution in [3.05, 3.63) is 53.3 Å². The zero-order chi connectivity index (χ0) is 16.8. The molecule has 23 heavy (non-hydrogen) atoms. The van der Waals surface area contributed by atoms with E-state index in [1.165, 1.54) is 20.4 Å². The van der Waals surface area contributed by atoms with Crippen molar-refractivity contribution in [1.82, 2.24) is 4.98 Å². The van der Waals surface area contributed by atoms with Crippen molar-refractivity contribution in [2.75, 3.05) is 20.8 Å². The normalized spacial score (nSPS) is 10.0. The van der Waals surface area contributed by atoms with Crippen LogP contribution < -0.4 is 9.47 Å². The van der Waals surface area contributed by atoms with Gasteiger partial charge in [0.05, 0.1) is 25.3 Å². The molecule has 6 heteroatoms. The molecule has 0 radical (unpaired) electrons. The predicted molar refractivity (Wildman–Crippen MR) is 83.1 cm³/mol. The molecule has 0 aliphatic heterocycles. The Balaban J connectivity index is 2.07. The van der Waals surface area contributed by atoms with Gasteiger partial charge in [0, 0.05) is 11.9 Å². The Bertz CT molecular complexity index is 709. The maximum absolute atomic E-state index is 12.3. The van der Waals surface area contributed by atoms with Gasteiger partial charge in [0.15, 0.2) is 6.61 Å². The van der Waals surface area contributed by atoms with Gasteiger partial charge in [-0.25, -0.2) is 4.79 Å². The summed E-state index contributed by atoms with van der Waals surface area (Å²) >= 11 is 0. The summed E-state index contributed by atoms with van der Waals surface area (Å²) in [5.74, 6) is -0.0750. The van der Waals surface area contributed by atoms with Crippen LogP contribution in [0.5, 0.6) is 11.5 Å². The van der Waals surface area contributed by atoms with Gasteiger partial charge in [-0.05, 0) is 37.3 Å². The van der Waals surface area contributed by atoms with Crippen LogP contribution in [-0.2, 0) is 4.74 Å². The second-order valence-electron chi connectivity index (χ2n) is 4.75. The highest BCUT2D eigenvalue weighted by Gasteiger charge is 2.16. The maximum atomic E-state index is 12.3. The zero-order valence-electron chi connectivity index (χ0n) is 13.2. The van der Waals surface area contributed by atoms with Crippen molar-refractivity contribution in [1.29, 1.82) is 0 Å². The van der Waals surface area contributed by atoms with Crippen LogP contribution in [0, 0.1) is 6.92 Å². The molecule has 0 saturated carbocycles. The largest absolute Gasteiger partial charge is 0.497 e. The summed E-state index contributed by atoms with van der Waals surface area (Å²) < 4.78 is 15.3. The molecule has 1 aromatic carbocycles. The van der Waals surface area contributed by atoms with Crippen LogP contribution in [0.15, 0.2) is 36.5 Å². The SMILES string of the molecule is COc1ccc(OC)c(C(=O)COC(=O)c2ccc(C)nc2)c1. The van der Waals surface area contributed by atoms with Crippen molar-refractivity contribution in [2.24, 2.45) is 0 Å². The highest BCUT2D eigenvalue weighted by molar-refractivity contribution is 6.01. The number of esters is 1. The van der Waals surface area contributed by atoms with E-state index in [4.69, 9.17) is 14.2 Å². The predicted octanol–water partition coefficient (Wildman–Crippen LogP) is 2.45. The zero-order valence-corrected chi connectivity index (χ0v) is 13.2. The third kappa shape index (κ3) is 4.06. The number of hydrogen-bond acceptors (Lipinski definition) is 6. The van der Waals surface area contributed by atoms with Crippen LogP contribution in [0.4, 0.5) is 0 Å². The van der Waals surface area contributed by atoms with E-state index in [0.717, 1.165) is 5.69 Å². The Morgan fingerprint density at radius 1 is 1.09 bits per heavy atom. The molecule has 1 heterocycles. The quantitative estimate of drug-likeness (QED) is 0.602.